The standard InChI is InChI=1S/C46H46F3N9O4S/c47-36-23-31(22-34-35(36)25-58(44(34)62)41(43(61)53-45-50-14-21-63-45)40-37-2-1-15-57(37)27-51-40)29-7-9-32(10-8-29)55-17-19-56(20-18-55)38-13-16-54(26-46(38,48)49)24-28-3-5-30(6-4-28)33-11-12-39(59)52-42(33)60/h3-10,14,21-23,27,33,38,41H,1-2,11-13,15-20,24-26H2,(H,50,53,61)(H,52,59,60). The molecule has 3 saturated heterocycles. The van der Waals surface area contributed by atoms with Crippen LogP contribution in [0.25, 0.3) is 11.1 Å². The minimum absolute atomic E-state index is 0.0808. The molecule has 0 radical (unpaired) electrons. The quantitative estimate of drug-likeness (QED) is 0.163. The van der Waals surface area contributed by atoms with E-state index in [0.29, 0.717) is 80.5 Å². The SMILES string of the molecule is O=C1CCC(c2ccc(CN3CCC(N4CCN(c5ccc(-c6cc(F)c7c(c6)C(=O)N(C(C(=O)Nc6nccs6)c6ncn8c6CCC8)C7)cc5)CC4)C(F)(F)C3)cc2)C(=O)N1. The van der Waals surface area contributed by atoms with E-state index in [1.165, 1.54) is 22.3 Å². The van der Waals surface area contributed by atoms with E-state index in [0.717, 1.165) is 41.9 Å². The highest BCUT2D eigenvalue weighted by molar-refractivity contribution is 7.13. The van der Waals surface area contributed by atoms with E-state index in [-0.39, 0.29) is 41.9 Å². The number of hydrogen-bond donors (Lipinski definition) is 2. The molecule has 17 heteroatoms. The van der Waals surface area contributed by atoms with Crippen LogP contribution in [0, 0.1) is 5.82 Å². The summed E-state index contributed by atoms with van der Waals surface area (Å²) < 4.78 is 49.5. The third-order valence-corrected chi connectivity index (χ3v) is 14.0. The first-order chi connectivity index (χ1) is 30.5. The lowest BCUT2D eigenvalue weighted by Gasteiger charge is -2.46. The van der Waals surface area contributed by atoms with Gasteiger partial charge >= 0.3 is 0 Å². The lowest BCUT2D eigenvalue weighted by atomic mass is 9.90. The highest BCUT2D eigenvalue weighted by Gasteiger charge is 2.48. The van der Waals surface area contributed by atoms with E-state index >= 15 is 13.2 Å². The number of benzene rings is 3. The number of carbonyl (C=O) groups is 4. The molecule has 5 aliphatic heterocycles. The van der Waals surface area contributed by atoms with Gasteiger partial charge in [-0.05, 0) is 72.2 Å². The molecular weight excluding hydrogens is 832 g/mol. The highest BCUT2D eigenvalue weighted by Crippen LogP contribution is 2.39. The van der Waals surface area contributed by atoms with Crippen molar-refractivity contribution in [3.63, 3.8) is 0 Å². The number of rotatable bonds is 10. The van der Waals surface area contributed by atoms with Crippen molar-refractivity contribution in [2.75, 3.05) is 49.5 Å². The van der Waals surface area contributed by atoms with Crippen LogP contribution in [0.1, 0.15) is 76.1 Å². The average molecular weight is 878 g/mol. The van der Waals surface area contributed by atoms with E-state index in [2.05, 4.69) is 25.5 Å². The van der Waals surface area contributed by atoms with Crippen LogP contribution in [0.4, 0.5) is 24.0 Å². The summed E-state index contributed by atoms with van der Waals surface area (Å²) in [7, 11) is 0. The summed E-state index contributed by atoms with van der Waals surface area (Å²) >= 11 is 1.26. The molecule has 4 amide bonds. The number of piperidine rings is 2. The molecule has 3 atom stereocenters. The number of anilines is 2. The molecular formula is C46H46F3N9O4S. The fourth-order valence-corrected chi connectivity index (χ4v) is 10.6. The molecule has 5 aliphatic rings. The van der Waals surface area contributed by atoms with Gasteiger partial charge in [-0.1, -0.05) is 36.4 Å². The number of aromatic nitrogens is 3. The van der Waals surface area contributed by atoms with Crippen molar-refractivity contribution < 1.29 is 32.3 Å². The van der Waals surface area contributed by atoms with Gasteiger partial charge in [0.1, 0.15) is 5.82 Å². The van der Waals surface area contributed by atoms with Crippen molar-refractivity contribution in [1.29, 1.82) is 0 Å². The van der Waals surface area contributed by atoms with Crippen LogP contribution < -0.4 is 15.5 Å². The van der Waals surface area contributed by atoms with Crippen LogP contribution in [0.2, 0.25) is 0 Å². The Morgan fingerprint density at radius 3 is 2.44 bits per heavy atom. The van der Waals surface area contributed by atoms with E-state index in [1.54, 1.807) is 28.9 Å². The molecule has 3 aromatic carbocycles. The van der Waals surface area contributed by atoms with Gasteiger partial charge in [0.25, 0.3) is 17.7 Å². The van der Waals surface area contributed by atoms with Crippen LogP contribution in [0.15, 0.2) is 78.6 Å². The average Bonchev–Trinajstić information content (AvgIpc) is 4.10. The number of imidazole rings is 1. The third-order valence-electron chi connectivity index (χ3n) is 13.3. The topological polar surface area (TPSA) is 136 Å². The summed E-state index contributed by atoms with van der Waals surface area (Å²) in [6, 6.07) is 16.3. The van der Waals surface area contributed by atoms with Gasteiger partial charge < -0.3 is 14.4 Å². The number of alkyl halides is 2. The molecule has 0 aliphatic carbocycles. The monoisotopic (exact) mass is 877 g/mol. The number of nitrogens with one attached hydrogen (secondary N) is 2. The molecule has 0 saturated carbocycles. The summed E-state index contributed by atoms with van der Waals surface area (Å²) in [5, 5.41) is 7.35. The summed E-state index contributed by atoms with van der Waals surface area (Å²) in [5.74, 6) is -5.28. The van der Waals surface area contributed by atoms with Crippen LogP contribution in [-0.2, 0) is 40.4 Å². The van der Waals surface area contributed by atoms with Gasteiger partial charge in [-0.15, -0.1) is 11.3 Å². The summed E-state index contributed by atoms with van der Waals surface area (Å²) in [6.45, 7) is 3.41. The number of hydrogen-bond acceptors (Lipinski definition) is 10. The van der Waals surface area contributed by atoms with E-state index < -0.39 is 35.6 Å². The second-order valence-electron chi connectivity index (χ2n) is 17.1. The molecule has 2 N–H and O–H groups in total. The maximum atomic E-state index is 15.9. The Kier molecular flexibility index (Phi) is 10.9. The van der Waals surface area contributed by atoms with Gasteiger partial charge in [0, 0.05) is 86.3 Å². The molecule has 63 heavy (non-hydrogen) atoms. The van der Waals surface area contributed by atoms with Crippen LogP contribution in [0.5, 0.6) is 0 Å². The van der Waals surface area contributed by atoms with E-state index in [4.69, 9.17) is 0 Å². The van der Waals surface area contributed by atoms with Crippen molar-refractivity contribution in [2.45, 2.75) is 75.7 Å². The number of fused-ring (bicyclic) bond motifs is 2. The zero-order valence-corrected chi connectivity index (χ0v) is 35.3. The fourth-order valence-electron chi connectivity index (χ4n) is 10.0. The van der Waals surface area contributed by atoms with Crippen LogP contribution in [-0.4, -0.2) is 104 Å². The first kappa shape index (κ1) is 41.1. The largest absolute Gasteiger partial charge is 0.369 e. The zero-order valence-electron chi connectivity index (χ0n) is 34.4. The van der Waals surface area contributed by atoms with Crippen molar-refractivity contribution in [3.8, 4) is 11.1 Å². The number of thiazole rings is 1. The number of aryl methyl sites for hydroxylation is 1. The predicted molar refractivity (Wildman–Crippen MR) is 230 cm³/mol. The Labute approximate surface area is 365 Å². The lowest BCUT2D eigenvalue weighted by molar-refractivity contribution is -0.134. The van der Waals surface area contributed by atoms with Gasteiger partial charge in [-0.2, -0.15) is 0 Å². The number of piperazine rings is 1. The van der Waals surface area contributed by atoms with Gasteiger partial charge in [0.05, 0.1) is 37.1 Å². The van der Waals surface area contributed by atoms with Crippen molar-refractivity contribution in [2.24, 2.45) is 0 Å². The van der Waals surface area contributed by atoms with E-state index in [1.807, 2.05) is 58.0 Å². The number of imide groups is 1. The molecule has 7 heterocycles. The normalized spacial score (nSPS) is 21.9. The first-order valence-electron chi connectivity index (χ1n) is 21.5. The molecule has 3 unspecified atom stereocenters. The molecule has 3 fully saturated rings. The third kappa shape index (κ3) is 8.01. The van der Waals surface area contributed by atoms with Crippen LogP contribution in [0.3, 0.4) is 0 Å². The lowest BCUT2D eigenvalue weighted by Crippen LogP contribution is -2.61. The van der Waals surface area contributed by atoms with Gasteiger partial charge in [0.2, 0.25) is 11.8 Å². The Hall–Kier alpha value is -5.91. The Bertz CT molecular complexity index is 2560. The minimum Gasteiger partial charge on any atom is -0.369 e. The molecule has 0 bridgehead atoms. The maximum absolute atomic E-state index is 15.9. The molecule has 5 aromatic rings. The molecule has 10 rings (SSSR count). The van der Waals surface area contributed by atoms with Crippen molar-refractivity contribution in [1.82, 2.24) is 34.6 Å². The molecule has 2 aromatic heterocycles. The zero-order chi connectivity index (χ0) is 43.4. The van der Waals surface area contributed by atoms with Gasteiger partial charge in [-0.3, -0.25) is 39.6 Å². The van der Waals surface area contributed by atoms with Gasteiger partial charge in [-0.25, -0.2) is 23.1 Å². The molecule has 326 valence electrons. The molecule has 0 spiro atoms. The smallest absolute Gasteiger partial charge is 0.275 e. The summed E-state index contributed by atoms with van der Waals surface area (Å²) in [4.78, 5) is 67.8. The van der Waals surface area contributed by atoms with Crippen LogP contribution >= 0.6 is 11.3 Å². The molecule has 13 nitrogen and oxygen atoms in total. The minimum atomic E-state index is -2.90. The Balaban J connectivity index is 0.762. The summed E-state index contributed by atoms with van der Waals surface area (Å²) in [6.07, 6.45) is 6.01. The Morgan fingerprint density at radius 2 is 1.71 bits per heavy atom. The number of amides is 4. The van der Waals surface area contributed by atoms with E-state index in [9.17, 15) is 19.2 Å². The highest BCUT2D eigenvalue weighted by atomic mass is 32.1. The second kappa shape index (κ2) is 16.7. The van der Waals surface area contributed by atoms with Gasteiger partial charge in [0.15, 0.2) is 11.2 Å². The van der Waals surface area contributed by atoms with Crippen molar-refractivity contribution in [3.05, 3.63) is 118 Å². The Morgan fingerprint density at radius 1 is 0.921 bits per heavy atom. The number of likely N-dealkylation sites (tertiary alicyclic amines) is 1. The van der Waals surface area contributed by atoms with Crippen molar-refractivity contribution >= 4 is 45.8 Å². The number of halogens is 3. The maximum Gasteiger partial charge on any atom is 0.275 e. The summed E-state index contributed by atoms with van der Waals surface area (Å²) in [5.41, 5.74) is 5.70. The first-order valence-corrected chi connectivity index (χ1v) is 22.4. The second-order valence-corrected chi connectivity index (χ2v) is 18.0. The fraction of sp³-hybridized carbons (Fsp3) is 0.391. The predicted octanol–water partition coefficient (Wildman–Crippen LogP) is 5.98. The number of carbonyl (C=O) groups excluding carboxylic acids is 4. The number of nitrogens with zero attached hydrogens (tertiary/aromatic N) is 7.